The van der Waals surface area contributed by atoms with Crippen molar-refractivity contribution < 1.29 is 0 Å². The maximum absolute atomic E-state index is 6.28. The highest BCUT2D eigenvalue weighted by Gasteiger charge is 2.29. The lowest BCUT2D eigenvalue weighted by atomic mass is 10.1. The molecule has 1 heterocycles. The Labute approximate surface area is 107 Å². The smallest absolute Gasteiger partial charge is 0.150 e. The van der Waals surface area contributed by atoms with E-state index in [1.165, 1.54) is 18.4 Å². The summed E-state index contributed by atoms with van der Waals surface area (Å²) in [6.45, 7) is 2.00. The molecule has 0 radical (unpaired) electrons. The van der Waals surface area contributed by atoms with Crippen LogP contribution in [0.5, 0.6) is 0 Å². The highest BCUT2D eigenvalue weighted by Crippen LogP contribution is 2.37. The van der Waals surface area contributed by atoms with Gasteiger partial charge in [-0.1, -0.05) is 30.3 Å². The van der Waals surface area contributed by atoms with E-state index in [1.54, 1.807) is 0 Å². The summed E-state index contributed by atoms with van der Waals surface area (Å²) in [6, 6.07) is 10.8. The maximum atomic E-state index is 6.28. The van der Waals surface area contributed by atoms with Crippen LogP contribution in [-0.2, 0) is 6.42 Å². The van der Waals surface area contributed by atoms with E-state index in [0.29, 0.717) is 6.04 Å². The van der Waals surface area contributed by atoms with Gasteiger partial charge in [0.05, 0.1) is 6.04 Å². The van der Waals surface area contributed by atoms with E-state index >= 15 is 0 Å². The van der Waals surface area contributed by atoms with E-state index in [4.69, 9.17) is 5.73 Å². The van der Waals surface area contributed by atoms with E-state index in [-0.39, 0.29) is 6.04 Å². The topological polar surface area (TPSA) is 56.7 Å². The van der Waals surface area contributed by atoms with Gasteiger partial charge in [0.1, 0.15) is 5.82 Å². The summed E-state index contributed by atoms with van der Waals surface area (Å²) in [7, 11) is 0. The number of hydrogen-bond donors (Lipinski definition) is 1. The average Bonchev–Trinajstić information content (AvgIpc) is 3.13. The van der Waals surface area contributed by atoms with Crippen molar-refractivity contribution in [2.24, 2.45) is 5.73 Å². The number of aryl methyl sites for hydroxylation is 1. The molecule has 1 aliphatic carbocycles. The molecule has 0 saturated heterocycles. The minimum absolute atomic E-state index is 0.0748. The Kier molecular flexibility index (Phi) is 2.88. The largest absolute Gasteiger partial charge is 0.321 e. The van der Waals surface area contributed by atoms with Crippen LogP contribution in [0, 0.1) is 6.92 Å². The first-order valence-electron chi connectivity index (χ1n) is 6.46. The number of nitrogens with zero attached hydrogens (tertiary/aromatic N) is 3. The Balaban J connectivity index is 1.82. The zero-order chi connectivity index (χ0) is 12.5. The Bertz CT molecular complexity index is 528. The van der Waals surface area contributed by atoms with Crippen LogP contribution in [0.3, 0.4) is 0 Å². The molecule has 94 valence electrons. The second-order valence-corrected chi connectivity index (χ2v) is 5.00. The summed E-state index contributed by atoms with van der Waals surface area (Å²) in [6.07, 6.45) is 3.26. The van der Waals surface area contributed by atoms with Crippen LogP contribution in [0.25, 0.3) is 0 Å². The van der Waals surface area contributed by atoms with Gasteiger partial charge in [-0.15, -0.1) is 10.2 Å². The number of nitrogens with two attached hydrogens (primary N) is 1. The zero-order valence-corrected chi connectivity index (χ0v) is 10.6. The minimum Gasteiger partial charge on any atom is -0.321 e. The summed E-state index contributed by atoms with van der Waals surface area (Å²) < 4.78 is 2.22. The molecular formula is C14H18N4. The molecule has 0 spiro atoms. The molecule has 1 atom stereocenters. The standard InChI is InChI=1S/C14H18N4/c1-10-16-17-14(18(10)12-7-8-12)13(15)9-11-5-3-2-4-6-11/h2-6,12-13H,7-9,15H2,1H3. The molecule has 1 fully saturated rings. The molecule has 0 amide bonds. The minimum atomic E-state index is -0.0748. The van der Waals surface area contributed by atoms with Gasteiger partial charge in [-0.2, -0.15) is 0 Å². The molecule has 1 aromatic heterocycles. The van der Waals surface area contributed by atoms with Crippen molar-refractivity contribution in [2.75, 3.05) is 0 Å². The first-order chi connectivity index (χ1) is 8.75. The van der Waals surface area contributed by atoms with Crippen molar-refractivity contribution in [1.29, 1.82) is 0 Å². The first kappa shape index (κ1) is 11.4. The molecule has 18 heavy (non-hydrogen) atoms. The Morgan fingerprint density at radius 3 is 2.67 bits per heavy atom. The van der Waals surface area contributed by atoms with Gasteiger partial charge in [-0.05, 0) is 31.7 Å². The highest BCUT2D eigenvalue weighted by atomic mass is 15.3. The lowest BCUT2D eigenvalue weighted by molar-refractivity contribution is 0.583. The lowest BCUT2D eigenvalue weighted by Gasteiger charge is -2.13. The molecule has 1 saturated carbocycles. The SMILES string of the molecule is Cc1nnc(C(N)Cc2ccccc2)n1C1CC1. The van der Waals surface area contributed by atoms with Crippen molar-refractivity contribution in [3.8, 4) is 0 Å². The molecule has 1 aromatic carbocycles. The third-order valence-corrected chi connectivity index (χ3v) is 3.43. The van der Waals surface area contributed by atoms with Crippen LogP contribution < -0.4 is 5.73 Å². The molecule has 3 rings (SSSR count). The number of benzene rings is 1. The van der Waals surface area contributed by atoms with Gasteiger partial charge < -0.3 is 10.3 Å². The summed E-state index contributed by atoms with van der Waals surface area (Å²) in [5, 5.41) is 8.43. The van der Waals surface area contributed by atoms with Crippen LogP contribution in [0.4, 0.5) is 0 Å². The molecule has 4 nitrogen and oxygen atoms in total. The van der Waals surface area contributed by atoms with Gasteiger partial charge in [0, 0.05) is 6.04 Å². The normalized spacial score (nSPS) is 16.8. The summed E-state index contributed by atoms with van der Waals surface area (Å²) in [4.78, 5) is 0. The monoisotopic (exact) mass is 242 g/mol. The zero-order valence-electron chi connectivity index (χ0n) is 10.6. The van der Waals surface area contributed by atoms with Crippen LogP contribution in [0.15, 0.2) is 30.3 Å². The van der Waals surface area contributed by atoms with Crippen LogP contribution in [0.2, 0.25) is 0 Å². The third-order valence-electron chi connectivity index (χ3n) is 3.43. The summed E-state index contributed by atoms with van der Waals surface area (Å²) >= 11 is 0. The predicted octanol–water partition coefficient (Wildman–Crippen LogP) is 2.16. The van der Waals surface area contributed by atoms with E-state index in [2.05, 4.69) is 26.9 Å². The number of rotatable bonds is 4. The fraction of sp³-hybridized carbons (Fsp3) is 0.429. The van der Waals surface area contributed by atoms with Gasteiger partial charge >= 0.3 is 0 Å². The van der Waals surface area contributed by atoms with Crippen molar-refractivity contribution in [2.45, 2.75) is 38.3 Å². The number of hydrogen-bond acceptors (Lipinski definition) is 3. The molecule has 4 heteroatoms. The van der Waals surface area contributed by atoms with Gasteiger partial charge in [-0.3, -0.25) is 0 Å². The van der Waals surface area contributed by atoms with Crippen LogP contribution in [-0.4, -0.2) is 14.8 Å². The van der Waals surface area contributed by atoms with E-state index < -0.39 is 0 Å². The predicted molar refractivity (Wildman–Crippen MR) is 70.1 cm³/mol. The Morgan fingerprint density at radius 1 is 1.28 bits per heavy atom. The third kappa shape index (κ3) is 2.16. The van der Waals surface area contributed by atoms with Crippen molar-refractivity contribution in [1.82, 2.24) is 14.8 Å². The second-order valence-electron chi connectivity index (χ2n) is 5.00. The van der Waals surface area contributed by atoms with E-state index in [1.807, 2.05) is 25.1 Å². The second kappa shape index (κ2) is 4.53. The Hall–Kier alpha value is -1.68. The van der Waals surface area contributed by atoms with E-state index in [9.17, 15) is 0 Å². The Morgan fingerprint density at radius 2 is 2.00 bits per heavy atom. The van der Waals surface area contributed by atoms with E-state index in [0.717, 1.165) is 18.1 Å². The fourth-order valence-electron chi connectivity index (χ4n) is 2.38. The molecule has 1 aliphatic rings. The lowest BCUT2D eigenvalue weighted by Crippen LogP contribution is -2.19. The van der Waals surface area contributed by atoms with Crippen molar-refractivity contribution in [3.05, 3.63) is 47.5 Å². The van der Waals surface area contributed by atoms with Crippen LogP contribution in [0.1, 0.15) is 42.1 Å². The first-order valence-corrected chi connectivity index (χ1v) is 6.46. The highest BCUT2D eigenvalue weighted by molar-refractivity contribution is 5.18. The van der Waals surface area contributed by atoms with Crippen LogP contribution >= 0.6 is 0 Å². The number of aromatic nitrogens is 3. The molecule has 0 bridgehead atoms. The van der Waals surface area contributed by atoms with Gasteiger partial charge in [-0.25, -0.2) is 0 Å². The summed E-state index contributed by atoms with van der Waals surface area (Å²) in [5.41, 5.74) is 7.53. The van der Waals surface area contributed by atoms with Gasteiger partial charge in [0.25, 0.3) is 0 Å². The molecule has 2 aromatic rings. The molecule has 2 N–H and O–H groups in total. The molecular weight excluding hydrogens is 224 g/mol. The van der Waals surface area contributed by atoms with Gasteiger partial charge in [0.2, 0.25) is 0 Å². The summed E-state index contributed by atoms with van der Waals surface area (Å²) in [5.74, 6) is 1.91. The molecule has 0 aliphatic heterocycles. The maximum Gasteiger partial charge on any atom is 0.150 e. The average molecular weight is 242 g/mol. The van der Waals surface area contributed by atoms with Gasteiger partial charge in [0.15, 0.2) is 5.82 Å². The van der Waals surface area contributed by atoms with Crippen molar-refractivity contribution in [3.63, 3.8) is 0 Å². The molecule has 1 unspecified atom stereocenters. The van der Waals surface area contributed by atoms with Crippen molar-refractivity contribution >= 4 is 0 Å². The fourth-order valence-corrected chi connectivity index (χ4v) is 2.38. The quantitative estimate of drug-likeness (QED) is 0.893.